The van der Waals surface area contributed by atoms with Gasteiger partial charge in [-0.15, -0.1) is 0 Å². The molecule has 1 amide bonds. The van der Waals surface area contributed by atoms with Crippen molar-refractivity contribution >= 4 is 5.91 Å². The number of aryl methyl sites for hydroxylation is 1. The second-order valence-corrected chi connectivity index (χ2v) is 7.77. The molecule has 5 nitrogen and oxygen atoms in total. The van der Waals surface area contributed by atoms with Crippen LogP contribution >= 0.6 is 0 Å². The molecule has 1 aromatic heterocycles. The van der Waals surface area contributed by atoms with Crippen molar-refractivity contribution in [2.45, 2.75) is 45.1 Å². The van der Waals surface area contributed by atoms with E-state index in [1.807, 2.05) is 47.0 Å². The van der Waals surface area contributed by atoms with Gasteiger partial charge in [0, 0.05) is 37.0 Å². The Kier molecular flexibility index (Phi) is 4.81. The fourth-order valence-electron chi connectivity index (χ4n) is 4.64. The predicted molar refractivity (Wildman–Crippen MR) is 100 cm³/mol. The third kappa shape index (κ3) is 3.28. The highest BCUT2D eigenvalue weighted by Gasteiger charge is 2.36. The van der Waals surface area contributed by atoms with E-state index in [0.29, 0.717) is 25.4 Å². The molecule has 4 rings (SSSR count). The Hall–Kier alpha value is -2.14. The molecule has 1 aliphatic carbocycles. The SMILES string of the molecule is Cc1cc(C(=O)N2CC[C@@H](O)[C@H](C3CCCC3)C2)ccc1-n1cccn1. The van der Waals surface area contributed by atoms with E-state index in [0.717, 1.165) is 16.8 Å². The molecule has 0 spiro atoms. The maximum atomic E-state index is 13.0. The number of benzene rings is 1. The molecule has 1 aromatic carbocycles. The van der Waals surface area contributed by atoms with E-state index in [1.54, 1.807) is 6.20 Å². The van der Waals surface area contributed by atoms with Crippen LogP contribution in [0.1, 0.15) is 48.0 Å². The minimum Gasteiger partial charge on any atom is -0.393 e. The van der Waals surface area contributed by atoms with Gasteiger partial charge in [0.1, 0.15) is 0 Å². The summed E-state index contributed by atoms with van der Waals surface area (Å²) in [5.41, 5.74) is 2.74. The molecule has 2 aromatic rings. The molecule has 1 N–H and O–H groups in total. The zero-order valence-electron chi connectivity index (χ0n) is 15.3. The number of amides is 1. The van der Waals surface area contributed by atoms with Crippen molar-refractivity contribution in [1.82, 2.24) is 14.7 Å². The molecular formula is C21H27N3O2. The number of nitrogens with zero attached hydrogens (tertiary/aromatic N) is 3. The first-order valence-corrected chi connectivity index (χ1v) is 9.71. The quantitative estimate of drug-likeness (QED) is 0.922. The van der Waals surface area contributed by atoms with Crippen LogP contribution in [0.2, 0.25) is 0 Å². The molecule has 1 saturated heterocycles. The number of aliphatic hydroxyl groups is 1. The van der Waals surface area contributed by atoms with Crippen molar-refractivity contribution in [2.24, 2.45) is 11.8 Å². The first-order valence-electron chi connectivity index (χ1n) is 9.71. The van der Waals surface area contributed by atoms with Gasteiger partial charge in [-0.05, 0) is 49.1 Å². The largest absolute Gasteiger partial charge is 0.393 e. The Morgan fingerprint density at radius 1 is 1.23 bits per heavy atom. The van der Waals surface area contributed by atoms with E-state index in [2.05, 4.69) is 5.10 Å². The highest BCUT2D eigenvalue weighted by molar-refractivity contribution is 5.94. The second kappa shape index (κ2) is 7.23. The Labute approximate surface area is 154 Å². The van der Waals surface area contributed by atoms with Crippen LogP contribution in [0.3, 0.4) is 0 Å². The summed E-state index contributed by atoms with van der Waals surface area (Å²) in [6.07, 6.45) is 9.00. The number of carbonyl (C=O) groups is 1. The van der Waals surface area contributed by atoms with Gasteiger partial charge < -0.3 is 10.0 Å². The third-order valence-electron chi connectivity index (χ3n) is 6.11. The van der Waals surface area contributed by atoms with Crippen molar-refractivity contribution in [3.8, 4) is 5.69 Å². The average Bonchev–Trinajstić information content (AvgIpc) is 3.35. The number of rotatable bonds is 3. The lowest BCUT2D eigenvalue weighted by Gasteiger charge is -2.39. The maximum absolute atomic E-state index is 13.0. The number of aliphatic hydroxyl groups excluding tert-OH is 1. The second-order valence-electron chi connectivity index (χ2n) is 7.77. The average molecular weight is 353 g/mol. The number of likely N-dealkylation sites (tertiary alicyclic amines) is 1. The lowest BCUT2D eigenvalue weighted by atomic mass is 9.82. The number of hydrogen-bond acceptors (Lipinski definition) is 3. The zero-order chi connectivity index (χ0) is 18.1. The topological polar surface area (TPSA) is 58.4 Å². The molecule has 0 bridgehead atoms. The van der Waals surface area contributed by atoms with Crippen molar-refractivity contribution in [2.75, 3.05) is 13.1 Å². The summed E-state index contributed by atoms with van der Waals surface area (Å²) < 4.78 is 1.82. The zero-order valence-corrected chi connectivity index (χ0v) is 15.3. The smallest absolute Gasteiger partial charge is 0.253 e. The monoisotopic (exact) mass is 353 g/mol. The van der Waals surface area contributed by atoms with E-state index in [1.165, 1.54) is 25.7 Å². The molecule has 0 radical (unpaired) electrons. The van der Waals surface area contributed by atoms with Crippen molar-refractivity contribution in [1.29, 1.82) is 0 Å². The summed E-state index contributed by atoms with van der Waals surface area (Å²) in [6, 6.07) is 7.69. The van der Waals surface area contributed by atoms with Crippen LogP contribution in [0.4, 0.5) is 0 Å². The standard InChI is InChI=1S/C21H27N3O2/c1-15-13-17(7-8-19(15)24-11-4-10-22-24)21(26)23-12-9-20(25)18(14-23)16-5-2-3-6-16/h4,7-8,10-11,13,16,18,20,25H,2-3,5-6,9,12,14H2,1H3/t18-,20+/m0/s1. The van der Waals surface area contributed by atoms with Gasteiger partial charge in [-0.1, -0.05) is 25.7 Å². The molecule has 138 valence electrons. The molecule has 2 atom stereocenters. The predicted octanol–water partition coefficient (Wildman–Crippen LogP) is 3.19. The van der Waals surface area contributed by atoms with Crippen molar-refractivity contribution in [3.05, 3.63) is 47.8 Å². The van der Waals surface area contributed by atoms with Gasteiger partial charge in [-0.2, -0.15) is 5.10 Å². The third-order valence-corrected chi connectivity index (χ3v) is 6.11. The van der Waals surface area contributed by atoms with Crippen LogP contribution in [0.25, 0.3) is 5.69 Å². The number of aromatic nitrogens is 2. The first-order chi connectivity index (χ1) is 12.6. The molecule has 26 heavy (non-hydrogen) atoms. The van der Waals surface area contributed by atoms with Crippen LogP contribution in [0.15, 0.2) is 36.7 Å². The molecule has 5 heteroatoms. The fourth-order valence-corrected chi connectivity index (χ4v) is 4.64. The van der Waals surface area contributed by atoms with Crippen LogP contribution in [-0.2, 0) is 0 Å². The fraction of sp³-hybridized carbons (Fsp3) is 0.524. The summed E-state index contributed by atoms with van der Waals surface area (Å²) >= 11 is 0. The summed E-state index contributed by atoms with van der Waals surface area (Å²) in [5, 5.41) is 14.7. The summed E-state index contributed by atoms with van der Waals surface area (Å²) in [4.78, 5) is 15.0. The van der Waals surface area contributed by atoms with E-state index in [4.69, 9.17) is 0 Å². The van der Waals surface area contributed by atoms with Gasteiger partial charge in [0.05, 0.1) is 11.8 Å². The first kappa shape index (κ1) is 17.3. The Morgan fingerprint density at radius 2 is 2.04 bits per heavy atom. The summed E-state index contributed by atoms with van der Waals surface area (Å²) in [5.74, 6) is 0.888. The van der Waals surface area contributed by atoms with Crippen LogP contribution in [-0.4, -0.2) is 44.9 Å². The lowest BCUT2D eigenvalue weighted by Crippen LogP contribution is -2.48. The Balaban J connectivity index is 1.51. The Morgan fingerprint density at radius 3 is 2.73 bits per heavy atom. The number of carbonyl (C=O) groups excluding carboxylic acids is 1. The Bertz CT molecular complexity index is 766. The van der Waals surface area contributed by atoms with Crippen molar-refractivity contribution in [3.63, 3.8) is 0 Å². The minimum atomic E-state index is -0.258. The molecule has 2 aliphatic rings. The number of piperidine rings is 1. The highest BCUT2D eigenvalue weighted by atomic mass is 16.3. The molecular weight excluding hydrogens is 326 g/mol. The summed E-state index contributed by atoms with van der Waals surface area (Å²) in [6.45, 7) is 3.34. The minimum absolute atomic E-state index is 0.0787. The molecule has 2 heterocycles. The van der Waals surface area contributed by atoms with Gasteiger partial charge in [0.15, 0.2) is 0 Å². The normalized spacial score (nSPS) is 24.2. The lowest BCUT2D eigenvalue weighted by molar-refractivity contribution is 0.00302. The highest BCUT2D eigenvalue weighted by Crippen LogP contribution is 2.36. The summed E-state index contributed by atoms with van der Waals surface area (Å²) in [7, 11) is 0. The molecule has 1 saturated carbocycles. The van der Waals surface area contributed by atoms with Crippen LogP contribution in [0.5, 0.6) is 0 Å². The maximum Gasteiger partial charge on any atom is 0.253 e. The molecule has 0 unspecified atom stereocenters. The van der Waals surface area contributed by atoms with E-state index < -0.39 is 0 Å². The molecule has 1 aliphatic heterocycles. The van der Waals surface area contributed by atoms with E-state index >= 15 is 0 Å². The van der Waals surface area contributed by atoms with E-state index in [9.17, 15) is 9.90 Å². The van der Waals surface area contributed by atoms with Gasteiger partial charge >= 0.3 is 0 Å². The van der Waals surface area contributed by atoms with Gasteiger partial charge in [0.2, 0.25) is 0 Å². The van der Waals surface area contributed by atoms with Crippen molar-refractivity contribution < 1.29 is 9.90 Å². The van der Waals surface area contributed by atoms with E-state index in [-0.39, 0.29) is 17.9 Å². The van der Waals surface area contributed by atoms with Gasteiger partial charge in [0.25, 0.3) is 5.91 Å². The number of hydrogen-bond donors (Lipinski definition) is 1. The van der Waals surface area contributed by atoms with Crippen LogP contribution in [0, 0.1) is 18.8 Å². The van der Waals surface area contributed by atoms with Crippen LogP contribution < -0.4 is 0 Å². The molecule has 2 fully saturated rings. The van der Waals surface area contributed by atoms with Gasteiger partial charge in [-0.3, -0.25) is 4.79 Å². The van der Waals surface area contributed by atoms with Gasteiger partial charge in [-0.25, -0.2) is 4.68 Å².